The maximum atomic E-state index is 11.2. The molecular formula is C20H16N3NaO7S. The van der Waals surface area contributed by atoms with Crippen molar-refractivity contribution in [2.45, 2.75) is 18.0 Å². The molecule has 3 rings (SSSR count). The molecule has 0 heterocycles. The predicted octanol–water partition coefficient (Wildman–Crippen LogP) is 0.618. The Bertz CT molecular complexity index is 1170. The van der Waals surface area contributed by atoms with Gasteiger partial charge in [0.1, 0.15) is 10.1 Å². The van der Waals surface area contributed by atoms with Crippen molar-refractivity contribution >= 4 is 27.2 Å². The van der Waals surface area contributed by atoms with Crippen molar-refractivity contribution in [2.75, 3.05) is 4.90 Å². The van der Waals surface area contributed by atoms with Gasteiger partial charge in [0.15, 0.2) is 0 Å². The first-order chi connectivity index (χ1) is 14.6. The van der Waals surface area contributed by atoms with Crippen molar-refractivity contribution in [3.63, 3.8) is 0 Å². The quantitative estimate of drug-likeness (QED) is 0.204. The van der Waals surface area contributed by atoms with Crippen LogP contribution in [0.1, 0.15) is 11.1 Å². The van der Waals surface area contributed by atoms with E-state index in [1.54, 1.807) is 29.2 Å². The summed E-state index contributed by atoms with van der Waals surface area (Å²) in [6.45, 7) is 0.404. The second kappa shape index (κ2) is 10.7. The number of rotatable bonds is 8. The van der Waals surface area contributed by atoms with E-state index >= 15 is 0 Å². The van der Waals surface area contributed by atoms with Crippen LogP contribution in [-0.4, -0.2) is 22.8 Å². The van der Waals surface area contributed by atoms with Gasteiger partial charge in [0, 0.05) is 43.0 Å². The first-order valence-corrected chi connectivity index (χ1v) is 10.3. The van der Waals surface area contributed by atoms with Crippen LogP contribution in [0.4, 0.5) is 17.1 Å². The SMILES string of the molecule is O=[N+]([O-])c1cccc(CN(Cc2cccc([N+](=O)[O-])c2)c2ccc(S(=O)(=O)[O-])cc2)c1.[Na+]. The zero-order valence-electron chi connectivity index (χ0n) is 17.0. The van der Waals surface area contributed by atoms with Crippen molar-refractivity contribution in [1.82, 2.24) is 0 Å². The van der Waals surface area contributed by atoms with Crippen LogP contribution in [0.25, 0.3) is 0 Å². The van der Waals surface area contributed by atoms with Gasteiger partial charge in [-0.05, 0) is 35.4 Å². The van der Waals surface area contributed by atoms with Crippen LogP contribution in [0, 0.1) is 20.2 Å². The minimum absolute atomic E-state index is 0. The minimum Gasteiger partial charge on any atom is -0.744 e. The molecule has 0 spiro atoms. The fourth-order valence-electron chi connectivity index (χ4n) is 3.04. The molecule has 0 aliphatic rings. The molecule has 0 saturated heterocycles. The molecule has 0 atom stereocenters. The van der Waals surface area contributed by atoms with Gasteiger partial charge in [-0.25, -0.2) is 8.42 Å². The third-order valence-corrected chi connectivity index (χ3v) is 5.33. The molecule has 0 saturated carbocycles. The van der Waals surface area contributed by atoms with Gasteiger partial charge < -0.3 is 9.45 Å². The normalized spacial score (nSPS) is 10.8. The summed E-state index contributed by atoms with van der Waals surface area (Å²) in [5, 5.41) is 22.1. The third-order valence-electron chi connectivity index (χ3n) is 4.48. The summed E-state index contributed by atoms with van der Waals surface area (Å²) >= 11 is 0. The zero-order valence-corrected chi connectivity index (χ0v) is 19.8. The number of benzene rings is 3. The van der Waals surface area contributed by atoms with Crippen LogP contribution >= 0.6 is 0 Å². The van der Waals surface area contributed by atoms with E-state index in [0.717, 1.165) is 0 Å². The molecule has 0 amide bonds. The molecule has 3 aromatic carbocycles. The third kappa shape index (κ3) is 6.58. The van der Waals surface area contributed by atoms with Crippen LogP contribution in [0.2, 0.25) is 0 Å². The molecule has 32 heavy (non-hydrogen) atoms. The molecule has 0 fully saturated rings. The maximum Gasteiger partial charge on any atom is 1.00 e. The summed E-state index contributed by atoms with van der Waals surface area (Å²) in [5.74, 6) is 0. The summed E-state index contributed by atoms with van der Waals surface area (Å²) in [5.41, 5.74) is 1.59. The maximum absolute atomic E-state index is 11.2. The molecule has 10 nitrogen and oxygen atoms in total. The fraction of sp³-hybridized carbons (Fsp3) is 0.100. The van der Waals surface area contributed by atoms with E-state index in [1.807, 2.05) is 0 Å². The Kier molecular flexibility index (Phi) is 8.47. The Balaban J connectivity index is 0.00000363. The van der Waals surface area contributed by atoms with E-state index in [1.165, 1.54) is 48.5 Å². The number of hydrogen-bond donors (Lipinski definition) is 0. The minimum atomic E-state index is -4.61. The van der Waals surface area contributed by atoms with Gasteiger partial charge in [-0.15, -0.1) is 0 Å². The van der Waals surface area contributed by atoms with Crippen molar-refractivity contribution in [1.29, 1.82) is 0 Å². The number of anilines is 1. The summed E-state index contributed by atoms with van der Waals surface area (Å²) < 4.78 is 33.6. The van der Waals surface area contributed by atoms with Crippen molar-refractivity contribution in [2.24, 2.45) is 0 Å². The first-order valence-electron chi connectivity index (χ1n) is 8.91. The van der Waals surface area contributed by atoms with Gasteiger partial charge in [-0.2, -0.15) is 0 Å². The number of nitro groups is 2. The molecule has 0 bridgehead atoms. The van der Waals surface area contributed by atoms with E-state index in [-0.39, 0.29) is 58.9 Å². The molecule has 0 aromatic heterocycles. The number of nitrogens with zero attached hydrogens (tertiary/aromatic N) is 3. The predicted molar refractivity (Wildman–Crippen MR) is 110 cm³/mol. The Morgan fingerprint density at radius 1 is 0.750 bits per heavy atom. The Morgan fingerprint density at radius 3 is 1.56 bits per heavy atom. The standard InChI is InChI=1S/C20H17N3O7S.Na/c24-22(25)18-5-1-3-15(11-18)13-21(14-16-4-2-6-19(12-16)23(26)27)17-7-9-20(10-8-17)31(28,29)30;/h1-12H,13-14H2,(H,28,29,30);/q;+1/p-1. The molecule has 0 aliphatic carbocycles. The topological polar surface area (TPSA) is 147 Å². The largest absolute Gasteiger partial charge is 1.00 e. The monoisotopic (exact) mass is 465 g/mol. The van der Waals surface area contributed by atoms with E-state index in [9.17, 15) is 33.2 Å². The number of nitro benzene ring substituents is 2. The van der Waals surface area contributed by atoms with Gasteiger partial charge >= 0.3 is 29.6 Å². The van der Waals surface area contributed by atoms with Gasteiger partial charge in [0.25, 0.3) is 11.4 Å². The number of hydrogen-bond acceptors (Lipinski definition) is 8. The molecular weight excluding hydrogens is 449 g/mol. The molecule has 0 radical (unpaired) electrons. The molecule has 160 valence electrons. The van der Waals surface area contributed by atoms with E-state index < -0.39 is 20.0 Å². The molecule has 12 heteroatoms. The smallest absolute Gasteiger partial charge is 0.744 e. The molecule has 0 N–H and O–H groups in total. The molecule has 0 aliphatic heterocycles. The van der Waals surface area contributed by atoms with Crippen LogP contribution in [0.5, 0.6) is 0 Å². The van der Waals surface area contributed by atoms with Gasteiger partial charge in [-0.1, -0.05) is 24.3 Å². The second-order valence-corrected chi connectivity index (χ2v) is 8.04. The summed E-state index contributed by atoms with van der Waals surface area (Å²) in [6.07, 6.45) is 0. The van der Waals surface area contributed by atoms with Crippen molar-refractivity contribution in [3.8, 4) is 0 Å². The first kappa shape index (κ1) is 25.4. The van der Waals surface area contributed by atoms with Crippen LogP contribution in [-0.2, 0) is 23.2 Å². The Hall–Kier alpha value is -2.83. The fourth-order valence-corrected chi connectivity index (χ4v) is 3.51. The Morgan fingerprint density at radius 2 is 1.19 bits per heavy atom. The van der Waals surface area contributed by atoms with Gasteiger partial charge in [0.2, 0.25) is 0 Å². The van der Waals surface area contributed by atoms with Crippen molar-refractivity contribution < 1.29 is 52.4 Å². The number of non-ortho nitro benzene ring substituents is 2. The molecule has 0 unspecified atom stereocenters. The summed E-state index contributed by atoms with van der Waals surface area (Å²) in [4.78, 5) is 22.5. The van der Waals surface area contributed by atoms with Crippen molar-refractivity contribution in [3.05, 3.63) is 104 Å². The average Bonchev–Trinajstić information content (AvgIpc) is 2.73. The van der Waals surface area contributed by atoms with Gasteiger partial charge in [0.05, 0.1) is 14.7 Å². The van der Waals surface area contributed by atoms with Crippen LogP contribution in [0.15, 0.2) is 77.7 Å². The summed E-state index contributed by atoms with van der Waals surface area (Å²) in [7, 11) is -4.61. The summed E-state index contributed by atoms with van der Waals surface area (Å²) in [6, 6.07) is 17.3. The molecule has 3 aromatic rings. The van der Waals surface area contributed by atoms with Gasteiger partial charge in [-0.3, -0.25) is 20.2 Å². The Labute approximate surface area is 205 Å². The van der Waals surface area contributed by atoms with E-state index in [0.29, 0.717) is 16.8 Å². The average molecular weight is 465 g/mol. The second-order valence-electron chi connectivity index (χ2n) is 6.66. The van der Waals surface area contributed by atoms with Crippen LogP contribution in [0.3, 0.4) is 0 Å². The zero-order chi connectivity index (χ0) is 22.6. The van der Waals surface area contributed by atoms with E-state index in [4.69, 9.17) is 0 Å². The van der Waals surface area contributed by atoms with E-state index in [2.05, 4.69) is 0 Å². The van der Waals surface area contributed by atoms with Crippen LogP contribution < -0.4 is 34.5 Å².